The summed E-state index contributed by atoms with van der Waals surface area (Å²) in [6.07, 6.45) is 1.65. The number of fused-ring (bicyclic) bond motifs is 3. The SMILES string of the molecule is Cc1ccc(S(=O)(=O)N2CCc3c([nH]n(-c4ccccc4F)c3=O)-c3cccnc32)cc1. The van der Waals surface area contributed by atoms with Crippen LogP contribution in [0.2, 0.25) is 0 Å². The van der Waals surface area contributed by atoms with Gasteiger partial charge in [-0.3, -0.25) is 9.89 Å². The Balaban J connectivity index is 1.68. The first kappa shape index (κ1) is 20.2. The largest absolute Gasteiger partial charge is 0.290 e. The lowest BCUT2D eigenvalue weighted by atomic mass is 10.1. The van der Waals surface area contributed by atoms with Crippen molar-refractivity contribution in [3.05, 3.63) is 94.2 Å². The van der Waals surface area contributed by atoms with Gasteiger partial charge in [-0.05, 0) is 49.7 Å². The number of aromatic nitrogens is 3. The fourth-order valence-corrected chi connectivity index (χ4v) is 5.35. The molecule has 0 spiro atoms. The highest BCUT2D eigenvalue weighted by Crippen LogP contribution is 2.35. The molecule has 162 valence electrons. The second kappa shape index (κ2) is 7.45. The molecule has 0 unspecified atom stereocenters. The van der Waals surface area contributed by atoms with Crippen molar-refractivity contribution in [1.29, 1.82) is 0 Å². The maximum atomic E-state index is 14.4. The third kappa shape index (κ3) is 3.13. The molecule has 2 aromatic heterocycles. The number of hydrogen-bond donors (Lipinski definition) is 1. The van der Waals surface area contributed by atoms with Crippen molar-refractivity contribution in [2.45, 2.75) is 18.2 Å². The van der Waals surface area contributed by atoms with E-state index in [-0.39, 0.29) is 29.4 Å². The van der Waals surface area contributed by atoms with Crippen molar-refractivity contribution >= 4 is 15.8 Å². The van der Waals surface area contributed by atoms with Gasteiger partial charge in [0.1, 0.15) is 11.5 Å². The molecule has 2 aromatic carbocycles. The summed E-state index contributed by atoms with van der Waals surface area (Å²) in [7, 11) is -3.90. The van der Waals surface area contributed by atoms with Crippen molar-refractivity contribution in [2.75, 3.05) is 10.8 Å². The number of hydrogen-bond acceptors (Lipinski definition) is 4. The van der Waals surface area contributed by atoms with Gasteiger partial charge in [0.2, 0.25) is 0 Å². The van der Waals surface area contributed by atoms with Crippen LogP contribution < -0.4 is 9.86 Å². The van der Waals surface area contributed by atoms with Crippen LogP contribution >= 0.6 is 0 Å². The highest BCUT2D eigenvalue weighted by Gasteiger charge is 2.33. The van der Waals surface area contributed by atoms with E-state index in [1.807, 2.05) is 6.92 Å². The Bertz CT molecular complexity index is 1490. The van der Waals surface area contributed by atoms with Crippen LogP contribution in [0, 0.1) is 12.7 Å². The van der Waals surface area contributed by atoms with Gasteiger partial charge in [-0.15, -0.1) is 0 Å². The summed E-state index contributed by atoms with van der Waals surface area (Å²) in [5, 5.41) is 2.98. The first-order valence-electron chi connectivity index (χ1n) is 10.0. The number of para-hydroxylation sites is 1. The maximum Gasteiger partial charge on any atom is 0.275 e. The summed E-state index contributed by atoms with van der Waals surface area (Å²) in [4.78, 5) is 17.7. The molecule has 0 radical (unpaired) electrons. The lowest BCUT2D eigenvalue weighted by Gasteiger charge is -2.23. The van der Waals surface area contributed by atoms with Crippen LogP contribution in [-0.4, -0.2) is 29.7 Å². The van der Waals surface area contributed by atoms with E-state index < -0.39 is 21.4 Å². The Hall–Kier alpha value is -3.72. The lowest BCUT2D eigenvalue weighted by molar-refractivity contribution is 0.590. The zero-order chi connectivity index (χ0) is 22.5. The zero-order valence-electron chi connectivity index (χ0n) is 17.1. The topological polar surface area (TPSA) is 88.1 Å². The molecule has 0 bridgehead atoms. The van der Waals surface area contributed by atoms with Gasteiger partial charge < -0.3 is 0 Å². The molecule has 9 heteroatoms. The first-order chi connectivity index (χ1) is 15.4. The summed E-state index contributed by atoms with van der Waals surface area (Å²) < 4.78 is 43.6. The second-order valence-electron chi connectivity index (χ2n) is 7.57. The normalized spacial score (nSPS) is 13.4. The van der Waals surface area contributed by atoms with Crippen LogP contribution in [0.15, 0.2) is 76.6 Å². The average molecular weight is 450 g/mol. The van der Waals surface area contributed by atoms with E-state index in [1.165, 1.54) is 22.6 Å². The molecular formula is C23H19FN4O3S. The molecule has 0 saturated heterocycles. The number of anilines is 1. The molecule has 4 aromatic rings. The maximum absolute atomic E-state index is 14.4. The van der Waals surface area contributed by atoms with Crippen LogP contribution in [-0.2, 0) is 16.4 Å². The molecule has 0 aliphatic carbocycles. The number of H-pyrrole nitrogens is 1. The lowest BCUT2D eigenvalue weighted by Crippen LogP contribution is -2.34. The van der Waals surface area contributed by atoms with Crippen molar-refractivity contribution in [3.8, 4) is 16.9 Å². The Labute approximate surface area is 183 Å². The van der Waals surface area contributed by atoms with Crippen molar-refractivity contribution in [3.63, 3.8) is 0 Å². The molecule has 0 amide bonds. The minimum atomic E-state index is -3.90. The number of nitrogens with one attached hydrogen (secondary N) is 1. The van der Waals surface area contributed by atoms with Gasteiger partial charge >= 0.3 is 0 Å². The zero-order valence-corrected chi connectivity index (χ0v) is 17.9. The fraction of sp³-hybridized carbons (Fsp3) is 0.130. The predicted molar refractivity (Wildman–Crippen MR) is 119 cm³/mol. The molecule has 3 heterocycles. The van der Waals surface area contributed by atoms with E-state index >= 15 is 0 Å². The van der Waals surface area contributed by atoms with E-state index in [0.717, 1.165) is 10.2 Å². The Morgan fingerprint density at radius 3 is 2.53 bits per heavy atom. The number of pyridine rings is 1. The average Bonchev–Trinajstić information content (AvgIpc) is 3.00. The third-order valence-corrected chi connectivity index (χ3v) is 7.35. The summed E-state index contributed by atoms with van der Waals surface area (Å²) in [5.74, 6) is -0.324. The van der Waals surface area contributed by atoms with Gasteiger partial charge in [-0.25, -0.2) is 26.8 Å². The van der Waals surface area contributed by atoms with E-state index in [2.05, 4.69) is 10.1 Å². The van der Waals surface area contributed by atoms with Crippen LogP contribution in [0.1, 0.15) is 11.1 Å². The number of halogens is 1. The van der Waals surface area contributed by atoms with E-state index in [4.69, 9.17) is 0 Å². The molecule has 0 fully saturated rings. The smallest absolute Gasteiger partial charge is 0.275 e. The molecule has 0 atom stereocenters. The fourth-order valence-electron chi connectivity index (χ4n) is 3.91. The van der Waals surface area contributed by atoms with Crippen molar-refractivity contribution in [1.82, 2.24) is 14.8 Å². The van der Waals surface area contributed by atoms with Crippen molar-refractivity contribution < 1.29 is 12.8 Å². The molecule has 7 nitrogen and oxygen atoms in total. The Morgan fingerprint density at radius 1 is 1.03 bits per heavy atom. The predicted octanol–water partition coefficient (Wildman–Crippen LogP) is 3.43. The van der Waals surface area contributed by atoms with Gasteiger partial charge in [0.25, 0.3) is 15.6 Å². The molecule has 0 saturated carbocycles. The number of nitrogens with zero attached hydrogens (tertiary/aromatic N) is 3. The highest BCUT2D eigenvalue weighted by molar-refractivity contribution is 7.92. The van der Waals surface area contributed by atoms with Crippen LogP contribution in [0.25, 0.3) is 16.9 Å². The van der Waals surface area contributed by atoms with E-state index in [9.17, 15) is 17.6 Å². The van der Waals surface area contributed by atoms with Crippen molar-refractivity contribution in [2.24, 2.45) is 0 Å². The molecule has 1 N–H and O–H groups in total. The van der Waals surface area contributed by atoms with Gasteiger partial charge in [0.05, 0.1) is 10.6 Å². The Morgan fingerprint density at radius 2 is 1.78 bits per heavy atom. The number of aryl methyl sites for hydroxylation is 1. The molecule has 1 aliphatic rings. The second-order valence-corrected chi connectivity index (χ2v) is 9.43. The highest BCUT2D eigenvalue weighted by atomic mass is 32.2. The quantitative estimate of drug-likeness (QED) is 0.518. The minimum absolute atomic E-state index is 0.0254. The van der Waals surface area contributed by atoms with E-state index in [1.54, 1.807) is 48.5 Å². The molecular weight excluding hydrogens is 431 g/mol. The summed E-state index contributed by atoms with van der Waals surface area (Å²) in [5.41, 5.74) is 1.89. The molecule has 32 heavy (non-hydrogen) atoms. The van der Waals surface area contributed by atoms with Gasteiger partial charge in [0, 0.05) is 23.9 Å². The van der Waals surface area contributed by atoms with Crippen LogP contribution in [0.5, 0.6) is 0 Å². The summed E-state index contributed by atoms with van der Waals surface area (Å²) in [6, 6.07) is 15.9. The van der Waals surface area contributed by atoms with Gasteiger partial charge in [-0.2, -0.15) is 0 Å². The van der Waals surface area contributed by atoms with Crippen LogP contribution in [0.4, 0.5) is 10.2 Å². The number of rotatable bonds is 3. The molecule has 1 aliphatic heterocycles. The number of aromatic amines is 1. The Kier molecular flexibility index (Phi) is 4.70. The summed E-state index contributed by atoms with van der Waals surface area (Å²) in [6.45, 7) is 1.91. The first-order valence-corrected chi connectivity index (χ1v) is 11.5. The molecule has 5 rings (SSSR count). The van der Waals surface area contributed by atoms with E-state index in [0.29, 0.717) is 16.8 Å². The monoisotopic (exact) mass is 450 g/mol. The summed E-state index contributed by atoms with van der Waals surface area (Å²) >= 11 is 0. The van der Waals surface area contributed by atoms with Gasteiger partial charge in [0.15, 0.2) is 5.82 Å². The standard InChI is InChI=1S/C23H19FN4O3S/c1-15-8-10-16(11-9-15)32(30,31)27-14-12-18-21(17-5-4-13-25-22(17)27)26-28(23(18)29)20-7-3-2-6-19(20)24/h2-11,13,26H,12,14H2,1H3. The van der Waals surface area contributed by atoms with Crippen LogP contribution in [0.3, 0.4) is 0 Å². The number of sulfonamides is 1. The minimum Gasteiger partial charge on any atom is -0.290 e. The van der Waals surface area contributed by atoms with Gasteiger partial charge in [-0.1, -0.05) is 29.8 Å². The third-order valence-electron chi connectivity index (χ3n) is 5.55. The number of benzene rings is 2.